The number of carbonyl (C=O) groups is 1. The minimum atomic E-state index is -0.451. The van der Waals surface area contributed by atoms with E-state index in [1.807, 2.05) is 18.2 Å². The van der Waals surface area contributed by atoms with E-state index in [2.05, 4.69) is 31.3 Å². The van der Waals surface area contributed by atoms with Gasteiger partial charge >= 0.3 is 5.69 Å². The topological polar surface area (TPSA) is 103 Å². The Labute approximate surface area is 157 Å². The number of aryl methyl sites for hydroxylation is 2. The molecular weight excluding hydrogens is 402 g/mol. The number of nitrogens with zero attached hydrogens (tertiary/aromatic N) is 4. The van der Waals surface area contributed by atoms with E-state index in [1.54, 1.807) is 26.1 Å². The molecule has 0 fully saturated rings. The van der Waals surface area contributed by atoms with E-state index in [0.29, 0.717) is 22.6 Å². The standard InChI is InChI=1S/C17H16BrN5O3/c1-10-17(23(25)26)11(2)22(21-10)9-7-15(24)20-14-6-5-13(18)12-4-3-8-19-16(12)14/h3-6,8H,7,9H2,1-2H3,(H,20,24). The van der Waals surface area contributed by atoms with E-state index in [-0.39, 0.29) is 24.6 Å². The van der Waals surface area contributed by atoms with Crippen LogP contribution in [0.15, 0.2) is 34.9 Å². The van der Waals surface area contributed by atoms with Crippen LogP contribution >= 0.6 is 15.9 Å². The molecule has 26 heavy (non-hydrogen) atoms. The van der Waals surface area contributed by atoms with Crippen LogP contribution in [0.5, 0.6) is 0 Å². The third kappa shape index (κ3) is 3.43. The lowest BCUT2D eigenvalue weighted by atomic mass is 10.2. The summed E-state index contributed by atoms with van der Waals surface area (Å²) in [6.45, 7) is 3.47. The third-order valence-electron chi connectivity index (χ3n) is 4.07. The molecule has 0 spiro atoms. The largest absolute Gasteiger partial charge is 0.324 e. The second-order valence-electron chi connectivity index (χ2n) is 5.79. The second-order valence-corrected chi connectivity index (χ2v) is 6.65. The Bertz CT molecular complexity index is 1020. The maximum absolute atomic E-state index is 12.3. The van der Waals surface area contributed by atoms with E-state index >= 15 is 0 Å². The number of fused-ring (bicyclic) bond motifs is 1. The van der Waals surface area contributed by atoms with Crippen LogP contribution in [0.4, 0.5) is 11.4 Å². The van der Waals surface area contributed by atoms with Crippen molar-refractivity contribution in [3.8, 4) is 0 Å². The van der Waals surface area contributed by atoms with Gasteiger partial charge in [-0.05, 0) is 32.0 Å². The highest BCUT2D eigenvalue weighted by atomic mass is 79.9. The Hall–Kier alpha value is -2.81. The lowest BCUT2D eigenvalue weighted by Gasteiger charge is -2.09. The van der Waals surface area contributed by atoms with Gasteiger partial charge in [0.25, 0.3) is 0 Å². The molecule has 3 rings (SSSR count). The van der Waals surface area contributed by atoms with Gasteiger partial charge in [0.2, 0.25) is 5.91 Å². The highest BCUT2D eigenvalue weighted by Crippen LogP contribution is 2.28. The molecule has 0 radical (unpaired) electrons. The molecule has 1 N–H and O–H groups in total. The minimum absolute atomic E-state index is 0.00601. The first-order chi connectivity index (χ1) is 12.4. The van der Waals surface area contributed by atoms with E-state index in [9.17, 15) is 14.9 Å². The van der Waals surface area contributed by atoms with Crippen molar-refractivity contribution in [1.82, 2.24) is 14.8 Å². The molecule has 134 valence electrons. The molecule has 0 aliphatic heterocycles. The van der Waals surface area contributed by atoms with Gasteiger partial charge in [0, 0.05) is 22.5 Å². The van der Waals surface area contributed by atoms with Gasteiger partial charge in [0.05, 0.1) is 22.7 Å². The van der Waals surface area contributed by atoms with Gasteiger partial charge in [-0.1, -0.05) is 22.0 Å². The first-order valence-electron chi connectivity index (χ1n) is 7.90. The Kier molecular flexibility index (Phi) is 4.99. The van der Waals surface area contributed by atoms with E-state index in [0.717, 1.165) is 9.86 Å². The van der Waals surface area contributed by atoms with Gasteiger partial charge in [-0.3, -0.25) is 24.6 Å². The summed E-state index contributed by atoms with van der Waals surface area (Å²) >= 11 is 3.47. The van der Waals surface area contributed by atoms with Crippen molar-refractivity contribution in [2.75, 3.05) is 5.32 Å². The molecule has 2 heterocycles. The number of benzene rings is 1. The van der Waals surface area contributed by atoms with Crippen molar-refractivity contribution in [2.24, 2.45) is 0 Å². The van der Waals surface area contributed by atoms with Crippen LogP contribution in [0.1, 0.15) is 17.8 Å². The quantitative estimate of drug-likeness (QED) is 0.502. The van der Waals surface area contributed by atoms with Crippen molar-refractivity contribution in [1.29, 1.82) is 0 Å². The maximum Gasteiger partial charge on any atom is 0.312 e. The molecule has 1 amide bonds. The Morgan fingerprint density at radius 3 is 2.81 bits per heavy atom. The number of carbonyl (C=O) groups excluding carboxylic acids is 1. The summed E-state index contributed by atoms with van der Waals surface area (Å²) in [7, 11) is 0. The summed E-state index contributed by atoms with van der Waals surface area (Å²) in [6.07, 6.45) is 1.81. The average molecular weight is 418 g/mol. The van der Waals surface area contributed by atoms with Crippen molar-refractivity contribution in [2.45, 2.75) is 26.8 Å². The monoisotopic (exact) mass is 417 g/mol. The fourth-order valence-electron chi connectivity index (χ4n) is 2.83. The summed E-state index contributed by atoms with van der Waals surface area (Å²) in [6, 6.07) is 7.38. The van der Waals surface area contributed by atoms with Crippen LogP contribution < -0.4 is 5.32 Å². The number of hydrogen-bond acceptors (Lipinski definition) is 5. The molecule has 0 unspecified atom stereocenters. The lowest BCUT2D eigenvalue weighted by molar-refractivity contribution is -0.386. The van der Waals surface area contributed by atoms with Crippen LogP contribution in [-0.2, 0) is 11.3 Å². The molecule has 0 bridgehead atoms. The van der Waals surface area contributed by atoms with Crippen molar-refractivity contribution in [3.05, 3.63) is 56.4 Å². The fraction of sp³-hybridized carbons (Fsp3) is 0.235. The summed E-state index contributed by atoms with van der Waals surface area (Å²) in [5.41, 5.74) is 2.09. The summed E-state index contributed by atoms with van der Waals surface area (Å²) in [5, 5.41) is 18.9. The first-order valence-corrected chi connectivity index (χ1v) is 8.69. The van der Waals surface area contributed by atoms with Crippen LogP contribution in [0.2, 0.25) is 0 Å². The third-order valence-corrected chi connectivity index (χ3v) is 4.76. The number of aromatic nitrogens is 3. The van der Waals surface area contributed by atoms with Gasteiger partial charge in [-0.15, -0.1) is 0 Å². The van der Waals surface area contributed by atoms with Gasteiger partial charge in [0.15, 0.2) is 0 Å². The van der Waals surface area contributed by atoms with Gasteiger partial charge in [0.1, 0.15) is 11.4 Å². The number of nitrogens with one attached hydrogen (secondary N) is 1. The summed E-state index contributed by atoms with van der Waals surface area (Å²) in [4.78, 5) is 27.2. The Morgan fingerprint density at radius 2 is 2.12 bits per heavy atom. The molecule has 0 atom stereocenters. The van der Waals surface area contributed by atoms with Crippen molar-refractivity contribution >= 4 is 44.1 Å². The first kappa shape index (κ1) is 18.0. The molecular formula is C17H16BrN5O3. The fourth-order valence-corrected chi connectivity index (χ4v) is 3.28. The van der Waals surface area contributed by atoms with Gasteiger partial charge in [-0.25, -0.2) is 0 Å². The zero-order chi connectivity index (χ0) is 18.8. The smallest absolute Gasteiger partial charge is 0.312 e. The van der Waals surface area contributed by atoms with Crippen LogP contribution in [0.25, 0.3) is 10.9 Å². The molecule has 8 nitrogen and oxygen atoms in total. The number of nitro groups is 1. The molecule has 0 saturated carbocycles. The number of amides is 1. The molecule has 3 aromatic rings. The van der Waals surface area contributed by atoms with E-state index < -0.39 is 4.92 Å². The van der Waals surface area contributed by atoms with Crippen LogP contribution in [0, 0.1) is 24.0 Å². The van der Waals surface area contributed by atoms with Gasteiger partial charge < -0.3 is 5.32 Å². The molecule has 2 aromatic heterocycles. The van der Waals surface area contributed by atoms with Gasteiger partial charge in [-0.2, -0.15) is 5.10 Å². The summed E-state index contributed by atoms with van der Waals surface area (Å²) in [5.74, 6) is -0.213. The minimum Gasteiger partial charge on any atom is -0.324 e. The molecule has 0 saturated heterocycles. The molecule has 9 heteroatoms. The number of rotatable bonds is 5. The number of anilines is 1. The average Bonchev–Trinajstić information content (AvgIpc) is 2.89. The molecule has 0 aliphatic rings. The highest BCUT2D eigenvalue weighted by Gasteiger charge is 2.22. The summed E-state index contributed by atoms with van der Waals surface area (Å²) < 4.78 is 2.39. The normalized spacial score (nSPS) is 10.9. The zero-order valence-electron chi connectivity index (χ0n) is 14.2. The predicted octanol–water partition coefficient (Wildman–Crippen LogP) is 3.75. The van der Waals surface area contributed by atoms with Crippen LogP contribution in [0.3, 0.4) is 0 Å². The lowest BCUT2D eigenvalue weighted by Crippen LogP contribution is -2.16. The van der Waals surface area contributed by atoms with Crippen LogP contribution in [-0.4, -0.2) is 25.6 Å². The number of pyridine rings is 1. The number of halogens is 1. The molecule has 0 aliphatic carbocycles. The number of hydrogen-bond donors (Lipinski definition) is 1. The van der Waals surface area contributed by atoms with E-state index in [4.69, 9.17) is 0 Å². The van der Waals surface area contributed by atoms with Crippen molar-refractivity contribution in [3.63, 3.8) is 0 Å². The Balaban J connectivity index is 1.74. The SMILES string of the molecule is Cc1nn(CCC(=O)Nc2ccc(Br)c3cccnc23)c(C)c1[N+](=O)[O-]. The Morgan fingerprint density at radius 1 is 1.35 bits per heavy atom. The predicted molar refractivity (Wildman–Crippen MR) is 101 cm³/mol. The zero-order valence-corrected chi connectivity index (χ0v) is 15.8. The second kappa shape index (κ2) is 7.20. The maximum atomic E-state index is 12.3. The van der Waals surface area contributed by atoms with Crippen molar-refractivity contribution < 1.29 is 9.72 Å². The molecule has 1 aromatic carbocycles. The highest BCUT2D eigenvalue weighted by molar-refractivity contribution is 9.10. The van der Waals surface area contributed by atoms with E-state index in [1.165, 1.54) is 4.68 Å².